The number of carbonyl (C=O) groups excluding carboxylic acids is 2. The van der Waals surface area contributed by atoms with Gasteiger partial charge in [-0.1, -0.05) is 6.07 Å². The van der Waals surface area contributed by atoms with E-state index in [2.05, 4.69) is 20.7 Å². The second-order valence-corrected chi connectivity index (χ2v) is 6.51. The number of rotatable bonds is 6. The molecule has 0 unspecified atom stereocenters. The van der Waals surface area contributed by atoms with Crippen LogP contribution in [0.4, 0.5) is 16.2 Å². The van der Waals surface area contributed by atoms with Gasteiger partial charge in [0, 0.05) is 31.2 Å². The maximum atomic E-state index is 12.9. The van der Waals surface area contributed by atoms with Gasteiger partial charge in [-0.25, -0.2) is 9.78 Å². The van der Waals surface area contributed by atoms with Gasteiger partial charge in [0.25, 0.3) is 5.91 Å². The van der Waals surface area contributed by atoms with E-state index in [0.717, 1.165) is 11.4 Å². The predicted octanol–water partition coefficient (Wildman–Crippen LogP) is 3.03. The quantitative estimate of drug-likeness (QED) is 0.619. The van der Waals surface area contributed by atoms with Gasteiger partial charge in [0.05, 0.1) is 23.3 Å². The summed E-state index contributed by atoms with van der Waals surface area (Å²) in [4.78, 5) is 29.2. The molecule has 0 spiro atoms. The second-order valence-electron chi connectivity index (χ2n) is 6.51. The van der Waals surface area contributed by atoms with Crippen molar-refractivity contribution in [3.63, 3.8) is 0 Å². The molecule has 3 aromatic rings. The summed E-state index contributed by atoms with van der Waals surface area (Å²) in [5, 5.41) is 10.6. The Labute approximate surface area is 168 Å². The molecule has 3 rings (SSSR count). The average Bonchev–Trinajstić information content (AvgIpc) is 2.95. The number of benzene rings is 1. The highest BCUT2D eigenvalue weighted by Crippen LogP contribution is 2.23. The van der Waals surface area contributed by atoms with Gasteiger partial charge in [0.15, 0.2) is 5.65 Å². The van der Waals surface area contributed by atoms with Crippen LogP contribution in [-0.4, -0.2) is 47.1 Å². The fourth-order valence-corrected chi connectivity index (χ4v) is 2.99. The Kier molecular flexibility index (Phi) is 6.08. The van der Waals surface area contributed by atoms with Crippen LogP contribution in [-0.2, 0) is 16.5 Å². The van der Waals surface area contributed by atoms with E-state index in [1.165, 1.54) is 7.11 Å². The summed E-state index contributed by atoms with van der Waals surface area (Å²) in [6.07, 6.45) is -0.594. The van der Waals surface area contributed by atoms with Gasteiger partial charge in [-0.3, -0.25) is 14.8 Å². The smallest absolute Gasteiger partial charge is 0.411 e. The molecule has 0 saturated carbocycles. The minimum absolute atomic E-state index is 0.153. The standard InChI is InChI=1S/C20H23N5O4/c1-12-10-16(17-13(2)24-25(3)18(17)21-12)19(26)22-14-6-5-7-15(11-14)23-20(27)29-9-8-28-4/h5-7,10-11H,8-9H2,1-4H3,(H,22,26)(H,23,27). The molecule has 0 bridgehead atoms. The van der Waals surface area contributed by atoms with Gasteiger partial charge in [-0.2, -0.15) is 5.10 Å². The van der Waals surface area contributed by atoms with Crippen molar-refractivity contribution in [3.05, 3.63) is 47.3 Å². The van der Waals surface area contributed by atoms with E-state index in [0.29, 0.717) is 34.6 Å². The van der Waals surface area contributed by atoms with Crippen molar-refractivity contribution >= 4 is 34.4 Å². The van der Waals surface area contributed by atoms with Crippen LogP contribution < -0.4 is 10.6 Å². The van der Waals surface area contributed by atoms with Gasteiger partial charge in [0.1, 0.15) is 6.61 Å². The van der Waals surface area contributed by atoms with Crippen LogP contribution in [0.2, 0.25) is 0 Å². The van der Waals surface area contributed by atoms with Crippen molar-refractivity contribution in [1.82, 2.24) is 14.8 Å². The molecular weight excluding hydrogens is 374 g/mol. The first kappa shape index (κ1) is 20.3. The first-order chi connectivity index (χ1) is 13.9. The number of amides is 2. The SMILES string of the molecule is COCCOC(=O)Nc1cccc(NC(=O)c2cc(C)nc3c2c(C)nn3C)c1. The number of aromatic nitrogens is 3. The highest BCUT2D eigenvalue weighted by Gasteiger charge is 2.18. The number of ether oxygens (including phenoxy) is 2. The third kappa shape index (κ3) is 4.69. The fourth-order valence-electron chi connectivity index (χ4n) is 2.99. The van der Waals surface area contributed by atoms with Crippen LogP contribution in [0.15, 0.2) is 30.3 Å². The molecule has 0 fully saturated rings. The third-order valence-corrected chi connectivity index (χ3v) is 4.23. The van der Waals surface area contributed by atoms with E-state index in [-0.39, 0.29) is 12.5 Å². The first-order valence-electron chi connectivity index (χ1n) is 9.04. The second kappa shape index (κ2) is 8.70. The first-order valence-corrected chi connectivity index (χ1v) is 9.04. The van der Waals surface area contributed by atoms with Crippen molar-refractivity contribution in [2.45, 2.75) is 13.8 Å². The van der Waals surface area contributed by atoms with Crippen LogP contribution in [0.25, 0.3) is 11.0 Å². The number of aryl methyl sites for hydroxylation is 3. The number of nitrogens with one attached hydrogen (secondary N) is 2. The lowest BCUT2D eigenvalue weighted by Crippen LogP contribution is -2.17. The van der Waals surface area contributed by atoms with Crippen molar-refractivity contribution in [3.8, 4) is 0 Å². The molecule has 0 aliphatic carbocycles. The fraction of sp³-hybridized carbons (Fsp3) is 0.300. The molecule has 2 aromatic heterocycles. The van der Waals surface area contributed by atoms with E-state index < -0.39 is 6.09 Å². The zero-order chi connectivity index (χ0) is 21.0. The lowest BCUT2D eigenvalue weighted by molar-refractivity contribution is 0.102. The van der Waals surface area contributed by atoms with E-state index in [4.69, 9.17) is 9.47 Å². The number of fused-ring (bicyclic) bond motifs is 1. The largest absolute Gasteiger partial charge is 0.447 e. The molecular formula is C20H23N5O4. The number of hydrogen-bond donors (Lipinski definition) is 2. The number of anilines is 2. The van der Waals surface area contributed by atoms with E-state index in [1.807, 2.05) is 13.8 Å². The van der Waals surface area contributed by atoms with Crippen molar-refractivity contribution in [1.29, 1.82) is 0 Å². The predicted molar refractivity (Wildman–Crippen MR) is 109 cm³/mol. The Morgan fingerprint density at radius 1 is 1.10 bits per heavy atom. The number of hydrogen-bond acceptors (Lipinski definition) is 6. The molecule has 29 heavy (non-hydrogen) atoms. The Morgan fingerprint density at radius 2 is 1.83 bits per heavy atom. The minimum atomic E-state index is -0.594. The average molecular weight is 397 g/mol. The summed E-state index contributed by atoms with van der Waals surface area (Å²) in [7, 11) is 3.32. The van der Waals surface area contributed by atoms with E-state index in [9.17, 15) is 9.59 Å². The van der Waals surface area contributed by atoms with Gasteiger partial charge < -0.3 is 14.8 Å². The molecule has 2 heterocycles. The summed E-state index contributed by atoms with van der Waals surface area (Å²) in [5.41, 5.74) is 3.64. The lowest BCUT2D eigenvalue weighted by Gasteiger charge is -2.10. The minimum Gasteiger partial charge on any atom is -0.447 e. The van der Waals surface area contributed by atoms with E-state index in [1.54, 1.807) is 42.1 Å². The molecule has 0 aliphatic heterocycles. The molecule has 0 saturated heterocycles. The number of nitrogens with zero attached hydrogens (tertiary/aromatic N) is 3. The van der Waals surface area contributed by atoms with Crippen LogP contribution in [0.1, 0.15) is 21.7 Å². The third-order valence-electron chi connectivity index (χ3n) is 4.23. The highest BCUT2D eigenvalue weighted by molar-refractivity contribution is 6.12. The highest BCUT2D eigenvalue weighted by atomic mass is 16.6. The van der Waals surface area contributed by atoms with Crippen molar-refractivity contribution in [2.24, 2.45) is 7.05 Å². The van der Waals surface area contributed by atoms with Gasteiger partial charge in [-0.05, 0) is 38.1 Å². The van der Waals surface area contributed by atoms with E-state index >= 15 is 0 Å². The maximum absolute atomic E-state index is 12.9. The molecule has 9 heteroatoms. The van der Waals surface area contributed by atoms with Crippen LogP contribution in [0.3, 0.4) is 0 Å². The summed E-state index contributed by atoms with van der Waals surface area (Å²) in [5.74, 6) is -0.281. The van der Waals surface area contributed by atoms with Crippen LogP contribution in [0.5, 0.6) is 0 Å². The Hall–Kier alpha value is -3.46. The number of carbonyl (C=O) groups is 2. The topological polar surface area (TPSA) is 107 Å². The molecule has 152 valence electrons. The maximum Gasteiger partial charge on any atom is 0.411 e. The Morgan fingerprint density at radius 3 is 2.55 bits per heavy atom. The number of pyridine rings is 1. The summed E-state index contributed by atoms with van der Waals surface area (Å²) >= 11 is 0. The van der Waals surface area contributed by atoms with Gasteiger partial charge in [-0.15, -0.1) is 0 Å². The van der Waals surface area contributed by atoms with Crippen molar-refractivity contribution < 1.29 is 19.1 Å². The van der Waals surface area contributed by atoms with Gasteiger partial charge in [0.2, 0.25) is 0 Å². The molecule has 1 aromatic carbocycles. The zero-order valence-corrected chi connectivity index (χ0v) is 16.8. The molecule has 0 radical (unpaired) electrons. The molecule has 9 nitrogen and oxygen atoms in total. The number of methoxy groups -OCH3 is 1. The zero-order valence-electron chi connectivity index (χ0n) is 16.8. The lowest BCUT2D eigenvalue weighted by atomic mass is 10.1. The normalized spacial score (nSPS) is 10.8. The monoisotopic (exact) mass is 397 g/mol. The van der Waals surface area contributed by atoms with Crippen LogP contribution >= 0.6 is 0 Å². The van der Waals surface area contributed by atoms with Crippen LogP contribution in [0, 0.1) is 13.8 Å². The molecule has 2 amide bonds. The molecule has 2 N–H and O–H groups in total. The van der Waals surface area contributed by atoms with Crippen molar-refractivity contribution in [2.75, 3.05) is 31.0 Å². The molecule has 0 atom stereocenters. The Balaban J connectivity index is 1.78. The Bertz CT molecular complexity index is 1060. The van der Waals surface area contributed by atoms with Gasteiger partial charge >= 0.3 is 6.09 Å². The summed E-state index contributed by atoms with van der Waals surface area (Å²) in [6, 6.07) is 8.55. The summed E-state index contributed by atoms with van der Waals surface area (Å²) in [6.45, 7) is 4.14. The molecule has 0 aliphatic rings. The summed E-state index contributed by atoms with van der Waals surface area (Å²) < 4.78 is 11.5.